The molecule has 0 fully saturated rings. The number of hydrogen-bond donors (Lipinski definition) is 2. The molecule has 1 amide bonds. The van der Waals surface area contributed by atoms with Crippen LogP contribution in [-0.2, 0) is 4.79 Å². The monoisotopic (exact) mass is 171 g/mol. The summed E-state index contributed by atoms with van der Waals surface area (Å²) in [5.74, 6) is -0.846. The van der Waals surface area contributed by atoms with Crippen LogP contribution in [0.3, 0.4) is 0 Å². The largest absolute Gasteiger partial charge is 0.390 e. The highest BCUT2D eigenvalue weighted by molar-refractivity contribution is 6.31. The van der Waals surface area contributed by atoms with Gasteiger partial charge in [-0.3, -0.25) is 4.79 Å². The lowest BCUT2D eigenvalue weighted by Crippen LogP contribution is -2.35. The van der Waals surface area contributed by atoms with Crippen LogP contribution in [0.5, 0.6) is 0 Å². The second-order valence-electron chi connectivity index (χ2n) is 1.53. The van der Waals surface area contributed by atoms with Crippen LogP contribution >= 0.6 is 23.2 Å². The molecule has 0 saturated carbocycles. The molecule has 3 nitrogen and oxygen atoms in total. The first-order valence-electron chi connectivity index (χ1n) is 2.27. The van der Waals surface area contributed by atoms with Crippen LogP contribution in [0, 0.1) is 0 Å². The Morgan fingerprint density at radius 2 is 2.22 bits per heavy atom. The maximum absolute atomic E-state index is 10.2. The van der Waals surface area contributed by atoms with Gasteiger partial charge in [0.25, 0.3) is 0 Å². The number of amides is 1. The van der Waals surface area contributed by atoms with Crippen molar-refractivity contribution < 1.29 is 9.90 Å². The smallest absolute Gasteiger partial charge is 0.238 e. The van der Waals surface area contributed by atoms with Gasteiger partial charge in [0.15, 0.2) is 0 Å². The van der Waals surface area contributed by atoms with Crippen LogP contribution in [-0.4, -0.2) is 28.4 Å². The number of carbonyl (C=O) groups is 1. The first-order chi connectivity index (χ1) is 4.09. The summed E-state index contributed by atoms with van der Waals surface area (Å²) in [4.78, 5) is 10.2. The summed E-state index contributed by atoms with van der Waals surface area (Å²) < 4.78 is 0. The number of primary amides is 1. The van der Waals surface area contributed by atoms with Gasteiger partial charge in [-0.15, -0.1) is 23.2 Å². The van der Waals surface area contributed by atoms with Crippen LogP contribution < -0.4 is 5.73 Å². The summed E-state index contributed by atoms with van der Waals surface area (Å²) in [7, 11) is 0. The fourth-order valence-corrected chi connectivity index (χ4v) is 0.626. The van der Waals surface area contributed by atoms with Gasteiger partial charge in [0.1, 0.15) is 5.38 Å². The molecule has 0 aliphatic heterocycles. The molecular weight excluding hydrogens is 165 g/mol. The summed E-state index contributed by atoms with van der Waals surface area (Å²) in [5, 5.41) is 7.65. The lowest BCUT2D eigenvalue weighted by atomic mass is 10.3. The molecule has 0 aromatic carbocycles. The Bertz CT molecular complexity index is 109. The lowest BCUT2D eigenvalue weighted by Gasteiger charge is -2.08. The van der Waals surface area contributed by atoms with E-state index < -0.39 is 17.4 Å². The molecular formula is C4H7Cl2NO2. The SMILES string of the molecule is NC(=O)C(Cl)C(O)CCl. The summed E-state index contributed by atoms with van der Waals surface area (Å²) in [6.45, 7) is 0. The quantitative estimate of drug-likeness (QED) is 0.573. The number of hydrogen-bond acceptors (Lipinski definition) is 2. The van der Waals surface area contributed by atoms with E-state index in [0.717, 1.165) is 0 Å². The zero-order valence-corrected chi connectivity index (χ0v) is 6.06. The number of halogens is 2. The standard InChI is InChI=1S/C4H7Cl2NO2/c5-1-2(8)3(6)4(7)9/h2-3,8H,1H2,(H2,7,9). The van der Waals surface area contributed by atoms with Crippen molar-refractivity contribution in [3.8, 4) is 0 Å². The number of alkyl halides is 2. The summed E-state index contributed by atoms with van der Waals surface area (Å²) in [6, 6.07) is 0. The summed E-state index contributed by atoms with van der Waals surface area (Å²) in [6.07, 6.45) is -1.05. The highest BCUT2D eigenvalue weighted by atomic mass is 35.5. The fraction of sp³-hybridized carbons (Fsp3) is 0.750. The Balaban J connectivity index is 3.72. The highest BCUT2D eigenvalue weighted by Crippen LogP contribution is 2.02. The van der Waals surface area contributed by atoms with Crippen molar-refractivity contribution in [2.45, 2.75) is 11.5 Å². The molecule has 0 heterocycles. The number of rotatable bonds is 3. The van der Waals surface area contributed by atoms with Crippen molar-refractivity contribution >= 4 is 29.1 Å². The van der Waals surface area contributed by atoms with E-state index in [0.29, 0.717) is 0 Å². The molecule has 54 valence electrons. The van der Waals surface area contributed by atoms with Gasteiger partial charge in [-0.2, -0.15) is 0 Å². The van der Waals surface area contributed by atoms with E-state index in [-0.39, 0.29) is 5.88 Å². The Labute approximate surface area is 62.7 Å². The van der Waals surface area contributed by atoms with Crippen LogP contribution in [0.15, 0.2) is 0 Å². The second kappa shape index (κ2) is 3.93. The number of aliphatic hydroxyl groups excluding tert-OH is 1. The van der Waals surface area contributed by atoms with Gasteiger partial charge < -0.3 is 10.8 Å². The maximum atomic E-state index is 10.2. The molecule has 0 aliphatic carbocycles. The molecule has 2 atom stereocenters. The Hall–Kier alpha value is 0.01000. The Morgan fingerprint density at radius 1 is 1.78 bits per heavy atom. The van der Waals surface area contributed by atoms with Crippen molar-refractivity contribution in [1.29, 1.82) is 0 Å². The molecule has 0 saturated heterocycles. The van der Waals surface area contributed by atoms with Crippen LogP contribution in [0.1, 0.15) is 0 Å². The zero-order valence-electron chi connectivity index (χ0n) is 4.55. The third-order valence-corrected chi connectivity index (χ3v) is 1.59. The molecule has 2 unspecified atom stereocenters. The average Bonchev–Trinajstić information content (AvgIpc) is 1.84. The topological polar surface area (TPSA) is 63.3 Å². The van der Waals surface area contributed by atoms with Crippen LogP contribution in [0.25, 0.3) is 0 Å². The number of aliphatic hydroxyl groups is 1. The first-order valence-corrected chi connectivity index (χ1v) is 3.24. The third kappa shape index (κ3) is 2.89. The molecule has 0 aromatic heterocycles. The first kappa shape index (κ1) is 9.01. The van der Waals surface area contributed by atoms with E-state index in [4.69, 9.17) is 34.0 Å². The second-order valence-corrected chi connectivity index (χ2v) is 2.30. The van der Waals surface area contributed by atoms with Crippen molar-refractivity contribution in [2.24, 2.45) is 5.73 Å². The van der Waals surface area contributed by atoms with Gasteiger partial charge in [0, 0.05) is 0 Å². The minimum atomic E-state index is -1.08. The van der Waals surface area contributed by atoms with E-state index in [1.54, 1.807) is 0 Å². The van der Waals surface area contributed by atoms with E-state index in [2.05, 4.69) is 0 Å². The third-order valence-electron chi connectivity index (χ3n) is 0.768. The normalized spacial score (nSPS) is 16.8. The predicted octanol–water partition coefficient (Wildman–Crippen LogP) is -0.321. The van der Waals surface area contributed by atoms with Crippen molar-refractivity contribution in [2.75, 3.05) is 5.88 Å². The summed E-state index contributed by atoms with van der Waals surface area (Å²) in [5.41, 5.74) is 4.72. The molecule has 3 N–H and O–H groups in total. The molecule has 5 heteroatoms. The van der Waals surface area contributed by atoms with Gasteiger partial charge >= 0.3 is 0 Å². The number of carbonyl (C=O) groups excluding carboxylic acids is 1. The molecule has 9 heavy (non-hydrogen) atoms. The van der Waals surface area contributed by atoms with Gasteiger partial charge in [-0.05, 0) is 0 Å². The van der Waals surface area contributed by atoms with Crippen molar-refractivity contribution in [3.05, 3.63) is 0 Å². The summed E-state index contributed by atoms with van der Waals surface area (Å²) >= 11 is 10.4. The van der Waals surface area contributed by atoms with Crippen molar-refractivity contribution in [1.82, 2.24) is 0 Å². The van der Waals surface area contributed by atoms with E-state index >= 15 is 0 Å². The zero-order chi connectivity index (χ0) is 7.44. The van der Waals surface area contributed by atoms with Gasteiger partial charge in [0.2, 0.25) is 5.91 Å². The Kier molecular flexibility index (Phi) is 3.93. The lowest BCUT2D eigenvalue weighted by molar-refractivity contribution is -0.119. The fourth-order valence-electron chi connectivity index (χ4n) is 0.268. The van der Waals surface area contributed by atoms with E-state index in [1.807, 2.05) is 0 Å². The molecule has 0 aliphatic rings. The van der Waals surface area contributed by atoms with E-state index in [1.165, 1.54) is 0 Å². The van der Waals surface area contributed by atoms with Crippen LogP contribution in [0.4, 0.5) is 0 Å². The molecule has 0 radical (unpaired) electrons. The molecule has 0 rings (SSSR count). The van der Waals surface area contributed by atoms with E-state index in [9.17, 15) is 4.79 Å². The molecule has 0 bridgehead atoms. The van der Waals surface area contributed by atoms with Crippen molar-refractivity contribution in [3.63, 3.8) is 0 Å². The van der Waals surface area contributed by atoms with Gasteiger partial charge in [-0.25, -0.2) is 0 Å². The minimum Gasteiger partial charge on any atom is -0.390 e. The highest BCUT2D eigenvalue weighted by Gasteiger charge is 2.20. The maximum Gasteiger partial charge on any atom is 0.238 e. The van der Waals surface area contributed by atoms with Gasteiger partial charge in [-0.1, -0.05) is 0 Å². The van der Waals surface area contributed by atoms with Crippen LogP contribution in [0.2, 0.25) is 0 Å². The van der Waals surface area contributed by atoms with Gasteiger partial charge in [0.05, 0.1) is 12.0 Å². The molecule has 0 aromatic rings. The molecule has 0 spiro atoms. The Morgan fingerprint density at radius 3 is 2.33 bits per heavy atom. The minimum absolute atomic E-state index is 0.0862. The predicted molar refractivity (Wildman–Crippen MR) is 35.6 cm³/mol. The number of nitrogens with two attached hydrogens (primary N) is 1. The average molecular weight is 172 g/mol.